The van der Waals surface area contributed by atoms with Gasteiger partial charge in [0.15, 0.2) is 0 Å². The Morgan fingerprint density at radius 2 is 1.93 bits per heavy atom. The van der Waals surface area contributed by atoms with Gasteiger partial charge in [-0.05, 0) is 36.1 Å². The lowest BCUT2D eigenvalue weighted by Gasteiger charge is -2.16. The Morgan fingerprint density at radius 1 is 1.07 bits per heavy atom. The number of nitrogens with one attached hydrogen (secondary N) is 2. The van der Waals surface area contributed by atoms with Gasteiger partial charge < -0.3 is 20.1 Å². The molecule has 2 aromatic carbocycles. The first-order valence-electron chi connectivity index (χ1n) is 10.5. The van der Waals surface area contributed by atoms with Crippen molar-refractivity contribution in [3.05, 3.63) is 66.0 Å². The zero-order valence-corrected chi connectivity index (χ0v) is 17.0. The third-order valence-electron chi connectivity index (χ3n) is 5.38. The molecule has 0 unspecified atom stereocenters. The van der Waals surface area contributed by atoms with E-state index < -0.39 is 0 Å². The van der Waals surface area contributed by atoms with E-state index in [4.69, 9.17) is 0 Å². The summed E-state index contributed by atoms with van der Waals surface area (Å²) in [5.74, 6) is 0.224. The third kappa shape index (κ3) is 4.97. The van der Waals surface area contributed by atoms with E-state index in [0.29, 0.717) is 26.1 Å². The fraction of sp³-hybridized carbons (Fsp3) is 0.348. The summed E-state index contributed by atoms with van der Waals surface area (Å²) in [6.45, 7) is 3.33. The Bertz CT molecular complexity index is 1030. The van der Waals surface area contributed by atoms with Crippen molar-refractivity contribution < 1.29 is 9.59 Å². The zero-order chi connectivity index (χ0) is 20.8. The summed E-state index contributed by atoms with van der Waals surface area (Å²) in [6.07, 6.45) is 4.26. The molecule has 156 valence electrons. The van der Waals surface area contributed by atoms with E-state index in [1.165, 1.54) is 0 Å². The zero-order valence-electron chi connectivity index (χ0n) is 17.0. The van der Waals surface area contributed by atoms with Gasteiger partial charge in [0.1, 0.15) is 0 Å². The minimum atomic E-state index is -0.175. The molecule has 30 heavy (non-hydrogen) atoms. The van der Waals surface area contributed by atoms with Crippen molar-refractivity contribution in [2.75, 3.05) is 13.1 Å². The molecule has 2 heterocycles. The lowest BCUT2D eigenvalue weighted by atomic mass is 10.1. The lowest BCUT2D eigenvalue weighted by Crippen LogP contribution is -2.35. The number of fused-ring (bicyclic) bond motifs is 1. The quantitative estimate of drug-likeness (QED) is 0.566. The molecule has 0 bridgehead atoms. The standard InChI is InChI=1S/C23H27N5O2/c29-22-10-4-12-27(22)16-19-7-3-6-18(14-19)15-25-23(30)24-11-5-13-28-17-26-20-8-1-2-9-21(20)28/h1-3,6-9,14,17H,4-5,10-13,15-16H2,(H2,24,25,30). The number of aryl methyl sites for hydroxylation is 1. The third-order valence-corrected chi connectivity index (χ3v) is 5.38. The van der Waals surface area contributed by atoms with Crippen LogP contribution in [0.5, 0.6) is 0 Å². The number of rotatable bonds is 8. The number of imidazole rings is 1. The van der Waals surface area contributed by atoms with E-state index in [1.807, 2.05) is 47.6 Å². The molecule has 0 aliphatic carbocycles. The summed E-state index contributed by atoms with van der Waals surface area (Å²) in [6, 6.07) is 15.9. The Morgan fingerprint density at radius 3 is 2.80 bits per heavy atom. The molecule has 1 fully saturated rings. The van der Waals surface area contributed by atoms with E-state index in [-0.39, 0.29) is 11.9 Å². The van der Waals surface area contributed by atoms with Gasteiger partial charge in [-0.2, -0.15) is 0 Å². The first-order valence-corrected chi connectivity index (χ1v) is 10.5. The number of para-hydroxylation sites is 2. The lowest BCUT2D eigenvalue weighted by molar-refractivity contribution is -0.128. The average Bonchev–Trinajstić information content (AvgIpc) is 3.36. The largest absolute Gasteiger partial charge is 0.338 e. The number of aromatic nitrogens is 2. The fourth-order valence-electron chi connectivity index (χ4n) is 3.81. The minimum absolute atomic E-state index is 0.175. The summed E-state index contributed by atoms with van der Waals surface area (Å²) in [7, 11) is 0. The second-order valence-electron chi connectivity index (χ2n) is 7.63. The predicted octanol–water partition coefficient (Wildman–Crippen LogP) is 3.05. The van der Waals surface area contributed by atoms with E-state index in [0.717, 1.165) is 48.1 Å². The van der Waals surface area contributed by atoms with Crippen molar-refractivity contribution in [3.63, 3.8) is 0 Å². The van der Waals surface area contributed by atoms with Gasteiger partial charge >= 0.3 is 6.03 Å². The van der Waals surface area contributed by atoms with E-state index in [1.54, 1.807) is 0 Å². The molecule has 7 nitrogen and oxygen atoms in total. The maximum atomic E-state index is 12.1. The molecular weight excluding hydrogens is 378 g/mol. The first kappa shape index (κ1) is 19.9. The number of amides is 3. The number of carbonyl (C=O) groups excluding carboxylic acids is 2. The molecule has 4 rings (SSSR count). The van der Waals surface area contributed by atoms with Crippen molar-refractivity contribution in [1.29, 1.82) is 0 Å². The minimum Gasteiger partial charge on any atom is -0.338 e. The average molecular weight is 406 g/mol. The normalized spacial score (nSPS) is 13.7. The van der Waals surface area contributed by atoms with Crippen molar-refractivity contribution in [1.82, 2.24) is 25.1 Å². The van der Waals surface area contributed by atoms with Crippen LogP contribution in [0, 0.1) is 0 Å². The van der Waals surface area contributed by atoms with E-state index in [2.05, 4.69) is 32.3 Å². The molecule has 3 amide bonds. The van der Waals surface area contributed by atoms with E-state index in [9.17, 15) is 9.59 Å². The number of hydrogen-bond donors (Lipinski definition) is 2. The summed E-state index contributed by atoms with van der Waals surface area (Å²) in [5.41, 5.74) is 4.22. The molecular formula is C23H27N5O2. The van der Waals surface area contributed by atoms with Gasteiger partial charge in [-0.25, -0.2) is 9.78 Å². The molecule has 1 aliphatic heterocycles. The maximum Gasteiger partial charge on any atom is 0.315 e. The van der Waals surface area contributed by atoms with Gasteiger partial charge in [0.25, 0.3) is 0 Å². The van der Waals surface area contributed by atoms with Crippen molar-refractivity contribution >= 4 is 23.0 Å². The fourth-order valence-corrected chi connectivity index (χ4v) is 3.81. The van der Waals surface area contributed by atoms with Crippen molar-refractivity contribution in [3.8, 4) is 0 Å². The monoisotopic (exact) mass is 405 g/mol. The summed E-state index contributed by atoms with van der Waals surface area (Å²) in [5, 5.41) is 5.81. The topological polar surface area (TPSA) is 79.3 Å². The second kappa shape index (κ2) is 9.43. The number of likely N-dealkylation sites (tertiary alicyclic amines) is 1. The predicted molar refractivity (Wildman–Crippen MR) is 116 cm³/mol. The number of benzene rings is 2. The molecule has 0 spiro atoms. The molecule has 7 heteroatoms. The highest BCUT2D eigenvalue weighted by Gasteiger charge is 2.19. The number of hydrogen-bond acceptors (Lipinski definition) is 3. The molecule has 1 aliphatic rings. The Labute approximate surface area is 176 Å². The van der Waals surface area contributed by atoms with Crippen LogP contribution in [0.1, 0.15) is 30.4 Å². The highest BCUT2D eigenvalue weighted by Crippen LogP contribution is 2.15. The van der Waals surface area contributed by atoms with Crippen LogP contribution < -0.4 is 10.6 Å². The van der Waals surface area contributed by atoms with Crippen LogP contribution in [0.25, 0.3) is 11.0 Å². The Hall–Kier alpha value is -3.35. The number of nitrogens with zero attached hydrogens (tertiary/aromatic N) is 3. The number of carbonyl (C=O) groups is 2. The first-order chi connectivity index (χ1) is 14.7. The molecule has 3 aromatic rings. The number of urea groups is 1. The molecule has 2 N–H and O–H groups in total. The SMILES string of the molecule is O=C(NCCCn1cnc2ccccc21)NCc1cccc(CN2CCCC2=O)c1. The molecule has 0 saturated carbocycles. The smallest absolute Gasteiger partial charge is 0.315 e. The molecule has 0 radical (unpaired) electrons. The summed E-state index contributed by atoms with van der Waals surface area (Å²) in [4.78, 5) is 30.2. The maximum absolute atomic E-state index is 12.1. The van der Waals surface area contributed by atoms with Gasteiger partial charge in [0.05, 0.1) is 17.4 Å². The van der Waals surface area contributed by atoms with Crippen molar-refractivity contribution in [2.45, 2.75) is 38.9 Å². The highest BCUT2D eigenvalue weighted by atomic mass is 16.2. The van der Waals surface area contributed by atoms with Gasteiger partial charge in [0, 0.05) is 39.1 Å². The molecule has 0 atom stereocenters. The van der Waals surface area contributed by atoms with Crippen LogP contribution in [-0.2, 0) is 24.4 Å². The van der Waals surface area contributed by atoms with Crippen LogP contribution in [0.15, 0.2) is 54.9 Å². The van der Waals surface area contributed by atoms with Crippen LogP contribution in [0.4, 0.5) is 4.79 Å². The van der Waals surface area contributed by atoms with Gasteiger partial charge in [-0.3, -0.25) is 4.79 Å². The van der Waals surface area contributed by atoms with Crippen LogP contribution in [-0.4, -0.2) is 39.5 Å². The molecule has 1 aromatic heterocycles. The molecule has 1 saturated heterocycles. The highest BCUT2D eigenvalue weighted by molar-refractivity contribution is 5.78. The van der Waals surface area contributed by atoms with Crippen LogP contribution >= 0.6 is 0 Å². The van der Waals surface area contributed by atoms with Crippen molar-refractivity contribution in [2.24, 2.45) is 0 Å². The Balaban J connectivity index is 1.18. The van der Waals surface area contributed by atoms with Gasteiger partial charge in [0.2, 0.25) is 5.91 Å². The van der Waals surface area contributed by atoms with Crippen LogP contribution in [0.2, 0.25) is 0 Å². The Kier molecular flexibility index (Phi) is 6.27. The second-order valence-corrected chi connectivity index (χ2v) is 7.63. The van der Waals surface area contributed by atoms with Gasteiger partial charge in [-0.15, -0.1) is 0 Å². The summed E-state index contributed by atoms with van der Waals surface area (Å²) >= 11 is 0. The van der Waals surface area contributed by atoms with E-state index >= 15 is 0 Å². The summed E-state index contributed by atoms with van der Waals surface area (Å²) < 4.78 is 2.10. The van der Waals surface area contributed by atoms with Crippen LogP contribution in [0.3, 0.4) is 0 Å². The van der Waals surface area contributed by atoms with Gasteiger partial charge in [-0.1, -0.05) is 36.4 Å².